The Labute approximate surface area is 100.0 Å². The summed E-state index contributed by atoms with van der Waals surface area (Å²) in [5, 5.41) is 4.09. The molecule has 15 heavy (non-hydrogen) atoms. The first-order chi connectivity index (χ1) is 7.24. The third-order valence-electron chi connectivity index (χ3n) is 2.94. The Balaban J connectivity index is 2.09. The second-order valence-electron chi connectivity index (χ2n) is 4.11. The van der Waals surface area contributed by atoms with Gasteiger partial charge in [-0.1, -0.05) is 24.4 Å². The number of alkyl halides is 1. The molecule has 0 unspecified atom stereocenters. The van der Waals surface area contributed by atoms with E-state index in [0.29, 0.717) is 10.9 Å². The predicted octanol–water partition coefficient (Wildman–Crippen LogP) is 3.70. The first-order valence-electron chi connectivity index (χ1n) is 5.20. The average molecular weight is 245 g/mol. The van der Waals surface area contributed by atoms with Crippen LogP contribution in [-0.2, 0) is 0 Å². The molecule has 1 N–H and O–H groups in total. The molecule has 0 aliphatic heterocycles. The summed E-state index contributed by atoms with van der Waals surface area (Å²) in [7, 11) is 0. The normalized spacial score (nSPS) is 19.1. The minimum Gasteiger partial charge on any atom is -0.363 e. The van der Waals surface area contributed by atoms with Crippen LogP contribution in [0.5, 0.6) is 0 Å². The number of hydrogen-bond donors (Lipinski definition) is 1. The summed E-state index contributed by atoms with van der Waals surface area (Å²) in [4.78, 5) is 4.23. The summed E-state index contributed by atoms with van der Waals surface area (Å²) >= 11 is 11.8. The van der Waals surface area contributed by atoms with Gasteiger partial charge in [-0.3, -0.25) is 0 Å². The zero-order valence-corrected chi connectivity index (χ0v) is 9.98. The van der Waals surface area contributed by atoms with E-state index in [-0.39, 0.29) is 5.54 Å². The lowest BCUT2D eigenvalue weighted by Crippen LogP contribution is -2.37. The van der Waals surface area contributed by atoms with Gasteiger partial charge in [-0.25, -0.2) is 4.98 Å². The van der Waals surface area contributed by atoms with E-state index < -0.39 is 0 Å². The van der Waals surface area contributed by atoms with E-state index in [4.69, 9.17) is 23.2 Å². The lowest BCUT2D eigenvalue weighted by molar-refractivity contribution is 0.537. The fourth-order valence-corrected chi connectivity index (χ4v) is 2.51. The quantitative estimate of drug-likeness (QED) is 0.821. The zero-order chi connectivity index (χ0) is 10.7. The van der Waals surface area contributed by atoms with Crippen molar-refractivity contribution in [1.29, 1.82) is 0 Å². The monoisotopic (exact) mass is 244 g/mol. The van der Waals surface area contributed by atoms with Crippen LogP contribution >= 0.6 is 23.2 Å². The maximum Gasteiger partial charge on any atom is 0.126 e. The molecule has 2 rings (SSSR count). The van der Waals surface area contributed by atoms with Crippen LogP contribution in [0.2, 0.25) is 5.02 Å². The molecule has 1 saturated carbocycles. The summed E-state index contributed by atoms with van der Waals surface area (Å²) < 4.78 is 0. The fourth-order valence-electron chi connectivity index (χ4n) is 2.07. The number of nitrogens with one attached hydrogen (secondary N) is 1. The summed E-state index contributed by atoms with van der Waals surface area (Å²) in [5.41, 5.74) is 0.0440. The number of aromatic nitrogens is 1. The van der Waals surface area contributed by atoms with E-state index in [2.05, 4.69) is 10.3 Å². The Kier molecular flexibility index (Phi) is 3.37. The molecule has 0 bridgehead atoms. The SMILES string of the molecule is ClCC1(Nc2ccc(Cl)cn2)CCCC1. The molecule has 0 spiro atoms. The van der Waals surface area contributed by atoms with Gasteiger partial charge in [0.1, 0.15) is 5.82 Å². The van der Waals surface area contributed by atoms with Crippen molar-refractivity contribution in [3.8, 4) is 0 Å². The van der Waals surface area contributed by atoms with E-state index in [1.807, 2.05) is 12.1 Å². The van der Waals surface area contributed by atoms with Gasteiger partial charge in [-0.15, -0.1) is 11.6 Å². The molecular weight excluding hydrogens is 231 g/mol. The van der Waals surface area contributed by atoms with Crippen LogP contribution in [0.1, 0.15) is 25.7 Å². The molecule has 1 heterocycles. The molecule has 4 heteroatoms. The topological polar surface area (TPSA) is 24.9 Å². The average Bonchev–Trinajstić information content (AvgIpc) is 2.71. The van der Waals surface area contributed by atoms with Crippen molar-refractivity contribution in [1.82, 2.24) is 4.98 Å². The number of pyridine rings is 1. The lowest BCUT2D eigenvalue weighted by Gasteiger charge is -2.28. The molecule has 1 aromatic heterocycles. The van der Waals surface area contributed by atoms with E-state index in [9.17, 15) is 0 Å². The summed E-state index contributed by atoms with van der Waals surface area (Å²) in [6.45, 7) is 0. The van der Waals surface area contributed by atoms with Crippen molar-refractivity contribution in [2.24, 2.45) is 0 Å². The van der Waals surface area contributed by atoms with Crippen LogP contribution in [-0.4, -0.2) is 16.4 Å². The molecule has 0 amide bonds. The maximum atomic E-state index is 6.03. The number of hydrogen-bond acceptors (Lipinski definition) is 2. The predicted molar refractivity (Wildman–Crippen MR) is 64.8 cm³/mol. The number of anilines is 1. The highest BCUT2D eigenvalue weighted by atomic mass is 35.5. The summed E-state index contributed by atoms with van der Waals surface area (Å²) in [6, 6.07) is 3.74. The van der Waals surface area contributed by atoms with Gasteiger partial charge in [0.25, 0.3) is 0 Å². The summed E-state index contributed by atoms with van der Waals surface area (Å²) in [6.07, 6.45) is 6.39. The van der Waals surface area contributed by atoms with E-state index >= 15 is 0 Å². The Bertz CT molecular complexity index is 318. The molecule has 0 atom stereocenters. The van der Waals surface area contributed by atoms with Gasteiger partial charge in [0, 0.05) is 12.1 Å². The molecule has 1 fully saturated rings. The molecule has 0 radical (unpaired) electrons. The molecule has 0 saturated heterocycles. The van der Waals surface area contributed by atoms with Crippen molar-refractivity contribution in [3.05, 3.63) is 23.4 Å². The Hall–Kier alpha value is -0.470. The van der Waals surface area contributed by atoms with E-state index in [1.54, 1.807) is 6.20 Å². The smallest absolute Gasteiger partial charge is 0.126 e. The van der Waals surface area contributed by atoms with Gasteiger partial charge >= 0.3 is 0 Å². The van der Waals surface area contributed by atoms with Gasteiger partial charge in [0.05, 0.1) is 10.6 Å². The minimum absolute atomic E-state index is 0.0440. The molecule has 1 aromatic rings. The highest BCUT2D eigenvalue weighted by Crippen LogP contribution is 2.33. The van der Waals surface area contributed by atoms with Crippen molar-refractivity contribution >= 4 is 29.0 Å². The van der Waals surface area contributed by atoms with Crippen molar-refractivity contribution in [2.45, 2.75) is 31.2 Å². The van der Waals surface area contributed by atoms with Gasteiger partial charge in [-0.05, 0) is 25.0 Å². The van der Waals surface area contributed by atoms with Crippen LogP contribution in [0.15, 0.2) is 18.3 Å². The van der Waals surface area contributed by atoms with Crippen LogP contribution in [0.3, 0.4) is 0 Å². The zero-order valence-electron chi connectivity index (χ0n) is 8.47. The third kappa shape index (κ3) is 2.56. The van der Waals surface area contributed by atoms with Crippen LogP contribution in [0.25, 0.3) is 0 Å². The molecule has 2 nitrogen and oxygen atoms in total. The molecule has 0 aromatic carbocycles. The van der Waals surface area contributed by atoms with Gasteiger partial charge < -0.3 is 5.32 Å². The van der Waals surface area contributed by atoms with Gasteiger partial charge in [0.15, 0.2) is 0 Å². The molecule has 1 aliphatic rings. The Morgan fingerprint density at radius 1 is 1.33 bits per heavy atom. The van der Waals surface area contributed by atoms with Crippen molar-refractivity contribution < 1.29 is 0 Å². The molecule has 1 aliphatic carbocycles. The summed E-state index contributed by atoms with van der Waals surface area (Å²) in [5.74, 6) is 1.50. The third-order valence-corrected chi connectivity index (χ3v) is 3.67. The van der Waals surface area contributed by atoms with E-state index in [1.165, 1.54) is 12.8 Å². The van der Waals surface area contributed by atoms with Crippen LogP contribution in [0.4, 0.5) is 5.82 Å². The van der Waals surface area contributed by atoms with Crippen molar-refractivity contribution in [2.75, 3.05) is 11.2 Å². The largest absolute Gasteiger partial charge is 0.363 e. The lowest BCUT2D eigenvalue weighted by atomic mass is 10.0. The van der Waals surface area contributed by atoms with Crippen LogP contribution < -0.4 is 5.32 Å². The standard InChI is InChI=1S/C11H14Cl2N2/c12-8-11(5-1-2-6-11)15-10-4-3-9(13)7-14-10/h3-4,7H,1-2,5-6,8H2,(H,14,15). The first kappa shape index (κ1) is 11.0. The second kappa shape index (κ2) is 4.58. The van der Waals surface area contributed by atoms with Crippen molar-refractivity contribution in [3.63, 3.8) is 0 Å². The number of halogens is 2. The van der Waals surface area contributed by atoms with Gasteiger partial charge in [0.2, 0.25) is 0 Å². The highest BCUT2D eigenvalue weighted by Gasteiger charge is 2.32. The maximum absolute atomic E-state index is 6.03. The second-order valence-corrected chi connectivity index (χ2v) is 4.81. The van der Waals surface area contributed by atoms with E-state index in [0.717, 1.165) is 18.7 Å². The van der Waals surface area contributed by atoms with Gasteiger partial charge in [-0.2, -0.15) is 0 Å². The number of rotatable bonds is 3. The Morgan fingerprint density at radius 3 is 2.60 bits per heavy atom. The number of nitrogens with zero attached hydrogens (tertiary/aromatic N) is 1. The fraction of sp³-hybridized carbons (Fsp3) is 0.545. The Morgan fingerprint density at radius 2 is 2.07 bits per heavy atom. The van der Waals surface area contributed by atoms with Crippen LogP contribution in [0, 0.1) is 0 Å². The highest BCUT2D eigenvalue weighted by molar-refractivity contribution is 6.30. The molecular formula is C11H14Cl2N2. The minimum atomic E-state index is 0.0440. The molecule has 82 valence electrons. The first-order valence-corrected chi connectivity index (χ1v) is 6.11.